The van der Waals surface area contributed by atoms with E-state index in [4.69, 9.17) is 14.6 Å². The summed E-state index contributed by atoms with van der Waals surface area (Å²) in [7, 11) is 1.50. The van der Waals surface area contributed by atoms with E-state index in [2.05, 4.69) is 27.0 Å². The molecule has 0 aliphatic carbocycles. The van der Waals surface area contributed by atoms with Gasteiger partial charge in [-0.2, -0.15) is 5.26 Å². The summed E-state index contributed by atoms with van der Waals surface area (Å²) >= 11 is 0. The summed E-state index contributed by atoms with van der Waals surface area (Å²) in [6.07, 6.45) is -1.19. The minimum atomic E-state index is -1.19. The van der Waals surface area contributed by atoms with Gasteiger partial charge in [0.2, 0.25) is 0 Å². The minimum absolute atomic E-state index is 0.00308. The van der Waals surface area contributed by atoms with Gasteiger partial charge in [-0.05, 0) is 48.0 Å². The molecule has 0 saturated heterocycles. The molecule has 4 N–H and O–H groups in total. The molecule has 3 amide bonds. The van der Waals surface area contributed by atoms with E-state index >= 15 is 0 Å². The van der Waals surface area contributed by atoms with Gasteiger partial charge in [0, 0.05) is 42.5 Å². The second kappa shape index (κ2) is 14.1. The zero-order chi connectivity index (χ0) is 29.9. The zero-order valence-corrected chi connectivity index (χ0v) is 22.6. The van der Waals surface area contributed by atoms with Crippen molar-refractivity contribution in [1.29, 1.82) is 5.26 Å². The second-order valence-corrected chi connectivity index (χ2v) is 8.83. The first-order valence-corrected chi connectivity index (χ1v) is 12.8. The third-order valence-electron chi connectivity index (χ3n) is 6.02. The van der Waals surface area contributed by atoms with Gasteiger partial charge in [-0.1, -0.05) is 42.5 Å². The molecule has 1 aromatic heterocycles. The summed E-state index contributed by atoms with van der Waals surface area (Å²) in [6, 6.07) is 26.1. The fourth-order valence-corrected chi connectivity index (χ4v) is 4.09. The molecule has 4 rings (SSSR count). The summed E-state index contributed by atoms with van der Waals surface area (Å²) in [5, 5.41) is 26.6. The topological polar surface area (TPSA) is 163 Å². The number of benzene rings is 3. The lowest BCUT2D eigenvalue weighted by molar-refractivity contribution is 0.0515. The number of carbonyl (C=O) groups is 3. The van der Waals surface area contributed by atoms with Crippen molar-refractivity contribution in [2.75, 3.05) is 32.3 Å². The number of hydrogen-bond donors (Lipinski definition) is 4. The predicted octanol–water partition coefficient (Wildman–Crippen LogP) is 4.52. The first kappa shape index (κ1) is 29.3. The Morgan fingerprint density at radius 3 is 2.31 bits per heavy atom. The number of carboxylic acid groups (broad SMARTS) is 1. The molecule has 0 bridgehead atoms. The number of para-hydroxylation sites is 1. The van der Waals surface area contributed by atoms with Crippen LogP contribution in [0, 0.1) is 11.3 Å². The monoisotopic (exact) mass is 565 g/mol. The summed E-state index contributed by atoms with van der Waals surface area (Å²) in [5.74, 6) is -0.358. The summed E-state index contributed by atoms with van der Waals surface area (Å²) < 4.78 is 10.8. The zero-order valence-electron chi connectivity index (χ0n) is 22.6. The van der Waals surface area contributed by atoms with Crippen LogP contribution in [-0.2, 0) is 4.74 Å². The highest BCUT2D eigenvalue weighted by atomic mass is 16.7. The molecule has 0 atom stereocenters. The number of hydrogen-bond acceptors (Lipinski definition) is 7. The Labute approximate surface area is 241 Å². The van der Waals surface area contributed by atoms with Crippen molar-refractivity contribution < 1.29 is 29.0 Å². The summed E-state index contributed by atoms with van der Waals surface area (Å²) in [5.41, 5.74) is 2.73. The number of anilines is 1. The molecule has 0 spiro atoms. The fraction of sp³-hybridized carbons (Fsp3) is 0.129. The Kier molecular flexibility index (Phi) is 9.80. The molecule has 212 valence electrons. The van der Waals surface area contributed by atoms with Gasteiger partial charge in [0.05, 0.1) is 5.69 Å². The van der Waals surface area contributed by atoms with E-state index in [1.54, 1.807) is 84.9 Å². The van der Waals surface area contributed by atoms with Crippen LogP contribution in [-0.4, -0.2) is 55.0 Å². The Bertz CT molecular complexity index is 1630. The molecule has 42 heavy (non-hydrogen) atoms. The highest BCUT2D eigenvalue weighted by Gasteiger charge is 2.20. The van der Waals surface area contributed by atoms with Crippen LogP contribution in [0.1, 0.15) is 26.3 Å². The first-order chi connectivity index (χ1) is 20.4. The average molecular weight is 566 g/mol. The highest BCUT2D eigenvalue weighted by Crippen LogP contribution is 2.36. The number of nitriles is 1. The van der Waals surface area contributed by atoms with Crippen LogP contribution in [0.3, 0.4) is 0 Å². The molecule has 0 fully saturated rings. The van der Waals surface area contributed by atoms with Crippen molar-refractivity contribution in [3.63, 3.8) is 0 Å². The van der Waals surface area contributed by atoms with Gasteiger partial charge in [0.25, 0.3) is 11.8 Å². The van der Waals surface area contributed by atoms with Crippen molar-refractivity contribution >= 4 is 23.7 Å². The number of rotatable bonds is 11. The van der Waals surface area contributed by atoms with Gasteiger partial charge in [-0.25, -0.2) is 9.78 Å². The molecule has 11 heteroatoms. The summed E-state index contributed by atoms with van der Waals surface area (Å²) in [4.78, 5) is 41.2. The Balaban J connectivity index is 1.79. The Morgan fingerprint density at radius 2 is 1.57 bits per heavy atom. The largest absolute Gasteiger partial charge is 0.467 e. The molecule has 0 radical (unpaired) electrons. The summed E-state index contributed by atoms with van der Waals surface area (Å²) in [6.45, 7) is 0.130. The number of carbonyl (C=O) groups excluding carboxylic acids is 2. The maximum absolute atomic E-state index is 13.1. The van der Waals surface area contributed by atoms with Gasteiger partial charge in [-0.15, -0.1) is 0 Å². The number of amides is 3. The van der Waals surface area contributed by atoms with Crippen molar-refractivity contribution in [3.8, 4) is 34.2 Å². The van der Waals surface area contributed by atoms with Crippen LogP contribution >= 0.6 is 0 Å². The molecule has 11 nitrogen and oxygen atoms in total. The SMILES string of the molecule is COCOc1ccccc1-c1cc(-c2cccc(C(=O)NCCNC(=O)O)c2)c(C#N)c(NC(=O)c2ccccc2)n1. The van der Waals surface area contributed by atoms with Crippen LogP contribution in [0.4, 0.5) is 10.6 Å². The third kappa shape index (κ3) is 7.26. The lowest BCUT2D eigenvalue weighted by Crippen LogP contribution is -2.33. The predicted molar refractivity (Wildman–Crippen MR) is 155 cm³/mol. The third-order valence-corrected chi connectivity index (χ3v) is 6.02. The first-order valence-electron chi connectivity index (χ1n) is 12.8. The fourth-order valence-electron chi connectivity index (χ4n) is 4.09. The van der Waals surface area contributed by atoms with Crippen LogP contribution in [0.5, 0.6) is 5.75 Å². The maximum atomic E-state index is 13.1. The average Bonchev–Trinajstić information content (AvgIpc) is 3.02. The number of ether oxygens (including phenoxy) is 2. The van der Waals surface area contributed by atoms with E-state index < -0.39 is 17.9 Å². The highest BCUT2D eigenvalue weighted by molar-refractivity contribution is 6.05. The maximum Gasteiger partial charge on any atom is 0.404 e. The normalized spacial score (nSPS) is 10.3. The molecule has 1 heterocycles. The second-order valence-electron chi connectivity index (χ2n) is 8.83. The lowest BCUT2D eigenvalue weighted by atomic mass is 9.96. The molecule has 0 saturated carbocycles. The number of methoxy groups -OCH3 is 1. The van der Waals surface area contributed by atoms with Crippen molar-refractivity contribution in [2.24, 2.45) is 0 Å². The lowest BCUT2D eigenvalue weighted by Gasteiger charge is -2.16. The minimum Gasteiger partial charge on any atom is -0.467 e. The number of nitrogens with one attached hydrogen (secondary N) is 3. The van der Waals surface area contributed by atoms with E-state index in [0.29, 0.717) is 39.3 Å². The van der Waals surface area contributed by atoms with Crippen molar-refractivity contribution in [1.82, 2.24) is 15.6 Å². The van der Waals surface area contributed by atoms with Gasteiger partial charge < -0.3 is 30.5 Å². The molecular weight excluding hydrogens is 538 g/mol. The number of aromatic nitrogens is 1. The van der Waals surface area contributed by atoms with E-state index in [-0.39, 0.29) is 31.3 Å². The molecule has 3 aromatic carbocycles. The smallest absolute Gasteiger partial charge is 0.404 e. The van der Waals surface area contributed by atoms with E-state index in [1.165, 1.54) is 7.11 Å². The van der Waals surface area contributed by atoms with Crippen LogP contribution in [0.25, 0.3) is 22.4 Å². The molecule has 4 aromatic rings. The van der Waals surface area contributed by atoms with E-state index in [0.717, 1.165) is 0 Å². The number of pyridine rings is 1. The van der Waals surface area contributed by atoms with Crippen LogP contribution in [0.2, 0.25) is 0 Å². The van der Waals surface area contributed by atoms with E-state index in [9.17, 15) is 19.6 Å². The van der Waals surface area contributed by atoms with Crippen molar-refractivity contribution in [3.05, 3.63) is 102 Å². The van der Waals surface area contributed by atoms with Crippen LogP contribution in [0.15, 0.2) is 84.9 Å². The Hall–Kier alpha value is -5.73. The van der Waals surface area contributed by atoms with Gasteiger partial charge >= 0.3 is 6.09 Å². The molecule has 0 aliphatic heterocycles. The van der Waals surface area contributed by atoms with Crippen LogP contribution < -0.4 is 20.7 Å². The van der Waals surface area contributed by atoms with Gasteiger partial charge in [0.15, 0.2) is 12.6 Å². The standard InChI is InChI=1S/C31H27N5O6/c1-41-19-42-27-13-6-5-12-23(27)26-17-24(21-10-7-11-22(16-21)29(37)33-14-15-34-31(39)40)25(18-32)28(35-26)36-30(38)20-8-3-2-4-9-20/h2-13,16-17,34H,14-15,19H2,1H3,(H,33,37)(H,39,40)(H,35,36,38). The van der Waals surface area contributed by atoms with Gasteiger partial charge in [-0.3, -0.25) is 9.59 Å². The van der Waals surface area contributed by atoms with E-state index in [1.807, 2.05) is 0 Å². The molecular formula is C31H27N5O6. The molecule has 0 unspecified atom stereocenters. The molecule has 0 aliphatic rings. The Morgan fingerprint density at radius 1 is 0.857 bits per heavy atom. The quantitative estimate of drug-likeness (QED) is 0.152. The van der Waals surface area contributed by atoms with Gasteiger partial charge in [0.1, 0.15) is 17.4 Å². The van der Waals surface area contributed by atoms with Crippen molar-refractivity contribution in [2.45, 2.75) is 0 Å². The number of nitrogens with zero attached hydrogens (tertiary/aromatic N) is 2.